The van der Waals surface area contributed by atoms with Crippen molar-refractivity contribution in [1.29, 1.82) is 0 Å². The summed E-state index contributed by atoms with van der Waals surface area (Å²) in [6.45, 7) is 5.75. The van der Waals surface area contributed by atoms with Crippen molar-refractivity contribution >= 4 is 0 Å². The van der Waals surface area contributed by atoms with Crippen LogP contribution >= 0.6 is 0 Å². The smallest absolute Gasteiger partial charge is 0.0723 e. The van der Waals surface area contributed by atoms with Gasteiger partial charge in [0.1, 0.15) is 0 Å². The molecule has 2 heteroatoms. The van der Waals surface area contributed by atoms with Crippen molar-refractivity contribution in [1.82, 2.24) is 4.90 Å². The first-order valence-electron chi connectivity index (χ1n) is 9.03. The van der Waals surface area contributed by atoms with Crippen LogP contribution in [-0.4, -0.2) is 35.7 Å². The number of β-amino-alcohol motifs (C(OH)–C–C–N with tert-alkyl or cyclic N) is 1. The van der Waals surface area contributed by atoms with Crippen LogP contribution in [-0.2, 0) is 0 Å². The Bertz CT molecular complexity index is 331. The van der Waals surface area contributed by atoms with Gasteiger partial charge in [-0.15, -0.1) is 0 Å². The molecule has 0 radical (unpaired) electrons. The minimum atomic E-state index is -0.0544. The fourth-order valence-electron chi connectivity index (χ4n) is 6.48. The second-order valence-electron chi connectivity index (χ2n) is 8.80. The van der Waals surface area contributed by atoms with E-state index in [-0.39, 0.29) is 6.10 Å². The SMILES string of the molecule is CC1CCCN(CC(O)C23CC4CC(CC(C4)C2)C3)C1. The Morgan fingerprint density at radius 1 is 1.10 bits per heavy atom. The van der Waals surface area contributed by atoms with Gasteiger partial charge in [0.05, 0.1) is 6.10 Å². The molecule has 4 bridgehead atoms. The van der Waals surface area contributed by atoms with E-state index in [0.717, 1.165) is 30.2 Å². The molecule has 0 amide bonds. The highest BCUT2D eigenvalue weighted by Gasteiger charge is 2.54. The molecule has 5 aliphatic rings. The van der Waals surface area contributed by atoms with Crippen LogP contribution in [0.5, 0.6) is 0 Å². The molecule has 2 nitrogen and oxygen atoms in total. The molecule has 1 aliphatic heterocycles. The molecule has 1 N–H and O–H groups in total. The van der Waals surface area contributed by atoms with Gasteiger partial charge in [-0.25, -0.2) is 0 Å². The summed E-state index contributed by atoms with van der Waals surface area (Å²) in [6, 6.07) is 0. The Labute approximate surface area is 123 Å². The molecule has 1 heterocycles. The van der Waals surface area contributed by atoms with Crippen LogP contribution in [0.25, 0.3) is 0 Å². The lowest BCUT2D eigenvalue weighted by Gasteiger charge is -2.59. The third-order valence-corrected chi connectivity index (χ3v) is 6.96. The van der Waals surface area contributed by atoms with Crippen molar-refractivity contribution < 1.29 is 5.11 Å². The maximum atomic E-state index is 11.0. The molecule has 0 aromatic carbocycles. The average molecular weight is 277 g/mol. The van der Waals surface area contributed by atoms with E-state index in [1.807, 2.05) is 0 Å². The number of aliphatic hydroxyl groups is 1. The van der Waals surface area contributed by atoms with Gasteiger partial charge < -0.3 is 10.0 Å². The molecule has 0 aromatic rings. The highest BCUT2D eigenvalue weighted by molar-refractivity contribution is 5.04. The summed E-state index contributed by atoms with van der Waals surface area (Å²) in [5.41, 5.74) is 0.315. The standard InChI is InChI=1S/C18H31NO/c1-13-3-2-4-19(11-13)12-17(20)18-8-14-5-15(9-18)7-16(6-14)10-18/h13-17,20H,2-12H2,1H3. The minimum absolute atomic E-state index is 0.0544. The Hall–Kier alpha value is -0.0800. The molecule has 5 fully saturated rings. The summed E-state index contributed by atoms with van der Waals surface area (Å²) in [7, 11) is 0. The van der Waals surface area contributed by atoms with E-state index in [1.165, 1.54) is 64.5 Å². The molecular formula is C18H31NO. The Balaban J connectivity index is 1.44. The summed E-state index contributed by atoms with van der Waals surface area (Å²) in [5, 5.41) is 11.0. The van der Waals surface area contributed by atoms with Gasteiger partial charge in [0, 0.05) is 13.1 Å². The maximum Gasteiger partial charge on any atom is 0.0723 e. The van der Waals surface area contributed by atoms with E-state index >= 15 is 0 Å². The van der Waals surface area contributed by atoms with Gasteiger partial charge in [-0.2, -0.15) is 0 Å². The van der Waals surface area contributed by atoms with E-state index in [1.54, 1.807) is 0 Å². The summed E-state index contributed by atoms with van der Waals surface area (Å²) in [4.78, 5) is 2.55. The van der Waals surface area contributed by atoms with Gasteiger partial charge in [0.15, 0.2) is 0 Å². The van der Waals surface area contributed by atoms with Crippen molar-refractivity contribution in [3.05, 3.63) is 0 Å². The summed E-state index contributed by atoms with van der Waals surface area (Å²) in [5.74, 6) is 3.69. The van der Waals surface area contributed by atoms with Gasteiger partial charge in [-0.05, 0) is 87.0 Å². The molecule has 4 aliphatic carbocycles. The summed E-state index contributed by atoms with van der Waals surface area (Å²) < 4.78 is 0. The number of hydrogen-bond acceptors (Lipinski definition) is 2. The third-order valence-electron chi connectivity index (χ3n) is 6.96. The zero-order valence-electron chi connectivity index (χ0n) is 13.1. The second-order valence-corrected chi connectivity index (χ2v) is 8.80. The molecule has 0 spiro atoms. The zero-order chi connectivity index (χ0) is 13.7. The second kappa shape index (κ2) is 4.98. The van der Waals surface area contributed by atoms with Gasteiger partial charge >= 0.3 is 0 Å². The summed E-state index contributed by atoms with van der Waals surface area (Å²) in [6.07, 6.45) is 11.1. The lowest BCUT2D eigenvalue weighted by Crippen LogP contribution is -2.55. The molecule has 0 aromatic heterocycles. The van der Waals surface area contributed by atoms with E-state index in [4.69, 9.17) is 0 Å². The highest BCUT2D eigenvalue weighted by atomic mass is 16.3. The minimum Gasteiger partial charge on any atom is -0.391 e. The third kappa shape index (κ3) is 2.33. The van der Waals surface area contributed by atoms with Crippen LogP contribution in [0.15, 0.2) is 0 Å². The molecule has 1 saturated heterocycles. The first kappa shape index (κ1) is 13.6. The van der Waals surface area contributed by atoms with Crippen molar-refractivity contribution in [2.45, 2.75) is 64.4 Å². The van der Waals surface area contributed by atoms with Crippen LogP contribution in [0.4, 0.5) is 0 Å². The molecule has 114 valence electrons. The van der Waals surface area contributed by atoms with Gasteiger partial charge in [0.2, 0.25) is 0 Å². The van der Waals surface area contributed by atoms with Crippen molar-refractivity contribution in [3.8, 4) is 0 Å². The fourth-order valence-corrected chi connectivity index (χ4v) is 6.48. The predicted molar refractivity (Wildman–Crippen MR) is 81.4 cm³/mol. The van der Waals surface area contributed by atoms with E-state index in [0.29, 0.717) is 5.41 Å². The van der Waals surface area contributed by atoms with E-state index in [2.05, 4.69) is 11.8 Å². The normalized spacial score (nSPS) is 49.5. The van der Waals surface area contributed by atoms with Crippen molar-refractivity contribution in [3.63, 3.8) is 0 Å². The van der Waals surface area contributed by atoms with E-state index in [9.17, 15) is 5.11 Å². The molecule has 2 atom stereocenters. The quantitative estimate of drug-likeness (QED) is 0.855. The maximum absolute atomic E-state index is 11.0. The molecular weight excluding hydrogens is 246 g/mol. The van der Waals surface area contributed by atoms with E-state index < -0.39 is 0 Å². The monoisotopic (exact) mass is 277 g/mol. The predicted octanol–water partition coefficient (Wildman–Crippen LogP) is 3.30. The van der Waals surface area contributed by atoms with Gasteiger partial charge in [-0.3, -0.25) is 0 Å². The number of likely N-dealkylation sites (tertiary alicyclic amines) is 1. The lowest BCUT2D eigenvalue weighted by atomic mass is 9.48. The number of piperidine rings is 1. The number of rotatable bonds is 3. The first-order valence-corrected chi connectivity index (χ1v) is 9.03. The highest BCUT2D eigenvalue weighted by Crippen LogP contribution is 2.61. The Morgan fingerprint density at radius 2 is 1.70 bits per heavy atom. The number of nitrogens with zero attached hydrogens (tertiary/aromatic N) is 1. The Morgan fingerprint density at radius 3 is 2.25 bits per heavy atom. The van der Waals surface area contributed by atoms with Crippen LogP contribution < -0.4 is 0 Å². The van der Waals surface area contributed by atoms with Gasteiger partial charge in [0.25, 0.3) is 0 Å². The molecule has 4 saturated carbocycles. The van der Waals surface area contributed by atoms with Crippen molar-refractivity contribution in [2.24, 2.45) is 29.1 Å². The molecule has 5 rings (SSSR count). The number of aliphatic hydroxyl groups excluding tert-OH is 1. The zero-order valence-corrected chi connectivity index (χ0v) is 13.1. The van der Waals surface area contributed by atoms with Crippen LogP contribution in [0.3, 0.4) is 0 Å². The summed E-state index contributed by atoms with van der Waals surface area (Å²) >= 11 is 0. The molecule has 20 heavy (non-hydrogen) atoms. The van der Waals surface area contributed by atoms with Crippen LogP contribution in [0.1, 0.15) is 58.3 Å². The lowest BCUT2D eigenvalue weighted by molar-refractivity contribution is -0.128. The Kier molecular flexibility index (Phi) is 3.38. The number of hydrogen-bond donors (Lipinski definition) is 1. The van der Waals surface area contributed by atoms with Crippen LogP contribution in [0.2, 0.25) is 0 Å². The van der Waals surface area contributed by atoms with Crippen molar-refractivity contribution in [2.75, 3.05) is 19.6 Å². The van der Waals surface area contributed by atoms with Crippen LogP contribution in [0, 0.1) is 29.1 Å². The average Bonchev–Trinajstić information content (AvgIpc) is 2.37. The molecule has 2 unspecified atom stereocenters. The largest absolute Gasteiger partial charge is 0.391 e. The van der Waals surface area contributed by atoms with Gasteiger partial charge in [-0.1, -0.05) is 6.92 Å². The topological polar surface area (TPSA) is 23.5 Å². The first-order chi connectivity index (χ1) is 9.63. The fraction of sp³-hybridized carbons (Fsp3) is 1.00.